The fourth-order valence-corrected chi connectivity index (χ4v) is 4.67. The maximum absolute atomic E-state index is 6.28. The van der Waals surface area contributed by atoms with Gasteiger partial charge in [0, 0.05) is 17.9 Å². The Bertz CT molecular complexity index is 1300. The van der Waals surface area contributed by atoms with Crippen LogP contribution in [0.5, 0.6) is 0 Å². The van der Waals surface area contributed by atoms with Gasteiger partial charge in [-0.2, -0.15) is 15.3 Å². The molecule has 1 saturated carbocycles. The van der Waals surface area contributed by atoms with Gasteiger partial charge >= 0.3 is 0 Å². The van der Waals surface area contributed by atoms with E-state index in [0.29, 0.717) is 40.1 Å². The summed E-state index contributed by atoms with van der Waals surface area (Å²) in [5.74, 6) is 2.01. The fraction of sp³-hybridized carbons (Fsp3) is 0.478. The third-order valence-electron chi connectivity index (χ3n) is 6.60. The molecule has 10 heteroatoms. The van der Waals surface area contributed by atoms with E-state index in [2.05, 4.69) is 50.6 Å². The second-order valence-corrected chi connectivity index (χ2v) is 9.26. The molecule has 0 radical (unpaired) electrons. The number of nitrogens with one attached hydrogen (secondary N) is 1. The van der Waals surface area contributed by atoms with Crippen molar-refractivity contribution in [2.75, 3.05) is 18.8 Å². The number of aromatic nitrogens is 7. The second kappa shape index (κ2) is 7.87. The van der Waals surface area contributed by atoms with Crippen LogP contribution in [-0.2, 0) is 0 Å². The lowest BCUT2D eigenvalue weighted by Gasteiger charge is -2.21. The molecule has 4 aromatic heterocycles. The molecule has 2 aliphatic rings. The third kappa shape index (κ3) is 3.45. The molecule has 1 saturated heterocycles. The number of nitrogens with zero attached hydrogens (tertiary/aromatic N) is 7. The largest absolute Gasteiger partial charge is 0.383 e. The van der Waals surface area contributed by atoms with E-state index in [1.54, 1.807) is 0 Å². The number of hydrogen-bond donors (Lipinski definition) is 2. The Kier molecular flexibility index (Phi) is 4.83. The van der Waals surface area contributed by atoms with Crippen LogP contribution in [0.3, 0.4) is 0 Å². The first kappa shape index (κ1) is 20.2. The lowest BCUT2D eigenvalue weighted by molar-refractivity contribution is 0.386. The van der Waals surface area contributed by atoms with Crippen LogP contribution in [0.2, 0.25) is 0 Å². The minimum Gasteiger partial charge on any atom is -0.383 e. The van der Waals surface area contributed by atoms with E-state index in [0.717, 1.165) is 61.5 Å². The number of piperidine rings is 1. The molecular formula is C23H27N9O. The second-order valence-electron chi connectivity index (χ2n) is 9.26. The van der Waals surface area contributed by atoms with Gasteiger partial charge in [0.25, 0.3) is 0 Å². The normalized spacial score (nSPS) is 17.3. The molecule has 0 bridgehead atoms. The molecule has 10 nitrogen and oxygen atoms in total. The highest BCUT2D eigenvalue weighted by Gasteiger charge is 2.35. The van der Waals surface area contributed by atoms with Crippen LogP contribution in [0, 0.1) is 0 Å². The van der Waals surface area contributed by atoms with Crippen molar-refractivity contribution in [2.24, 2.45) is 0 Å². The number of fused-ring (bicyclic) bond motifs is 1. The average Bonchev–Trinajstić information content (AvgIpc) is 3.46. The first-order valence-electron chi connectivity index (χ1n) is 11.6. The molecule has 0 unspecified atom stereocenters. The van der Waals surface area contributed by atoms with Crippen molar-refractivity contribution in [1.82, 2.24) is 40.4 Å². The van der Waals surface area contributed by atoms with Gasteiger partial charge in [-0.25, -0.2) is 14.6 Å². The predicted octanol–water partition coefficient (Wildman–Crippen LogP) is 3.45. The van der Waals surface area contributed by atoms with E-state index in [1.807, 2.05) is 10.7 Å². The SMILES string of the molecule is CC(C)n1nc(-c2noc(C3CC3)c2-c2ccc(C3CCNCC3)nn2)c2c(N)ncnc21. The van der Waals surface area contributed by atoms with Crippen molar-refractivity contribution in [2.45, 2.75) is 57.4 Å². The van der Waals surface area contributed by atoms with Gasteiger partial charge < -0.3 is 15.6 Å². The van der Waals surface area contributed by atoms with Crippen LogP contribution in [0.1, 0.15) is 68.9 Å². The molecule has 0 amide bonds. The summed E-state index contributed by atoms with van der Waals surface area (Å²) < 4.78 is 7.73. The van der Waals surface area contributed by atoms with E-state index < -0.39 is 0 Å². The summed E-state index contributed by atoms with van der Waals surface area (Å²) in [6.45, 7) is 6.15. The number of anilines is 1. The summed E-state index contributed by atoms with van der Waals surface area (Å²) in [6.07, 6.45) is 5.78. The van der Waals surface area contributed by atoms with E-state index in [1.165, 1.54) is 6.33 Å². The zero-order valence-corrected chi connectivity index (χ0v) is 18.8. The molecule has 6 rings (SSSR count). The van der Waals surface area contributed by atoms with Gasteiger partial charge in [0.15, 0.2) is 5.65 Å². The van der Waals surface area contributed by atoms with Gasteiger partial charge in [-0.3, -0.25) is 0 Å². The topological polar surface area (TPSA) is 133 Å². The Morgan fingerprint density at radius 3 is 2.55 bits per heavy atom. The Hall–Kier alpha value is -3.40. The minimum atomic E-state index is 0.0952. The van der Waals surface area contributed by atoms with Gasteiger partial charge in [-0.05, 0) is 64.8 Å². The van der Waals surface area contributed by atoms with E-state index in [4.69, 9.17) is 15.4 Å². The lowest BCUT2D eigenvalue weighted by Crippen LogP contribution is -2.27. The van der Waals surface area contributed by atoms with Crippen molar-refractivity contribution >= 4 is 16.9 Å². The molecule has 170 valence electrons. The number of nitrogens with two attached hydrogens (primary N) is 1. The zero-order chi connectivity index (χ0) is 22.5. The Morgan fingerprint density at radius 1 is 1.03 bits per heavy atom. The standard InChI is InChI=1S/C23H27N9O/c1-12(2)32-23-18(22(24)26-11-27-23)19(30-32)20-17(21(33-31-20)14-3-4-14)16-6-5-15(28-29-16)13-7-9-25-10-8-13/h5-6,11-14,25H,3-4,7-10H2,1-2H3,(H2,24,26,27). The Morgan fingerprint density at radius 2 is 1.85 bits per heavy atom. The summed E-state index contributed by atoms with van der Waals surface area (Å²) in [4.78, 5) is 8.66. The van der Waals surface area contributed by atoms with Gasteiger partial charge in [-0.15, -0.1) is 0 Å². The van der Waals surface area contributed by atoms with Crippen LogP contribution >= 0.6 is 0 Å². The van der Waals surface area contributed by atoms with Crippen molar-refractivity contribution in [1.29, 1.82) is 0 Å². The first-order chi connectivity index (χ1) is 16.1. The molecule has 2 fully saturated rings. The highest BCUT2D eigenvalue weighted by atomic mass is 16.5. The predicted molar refractivity (Wildman–Crippen MR) is 123 cm³/mol. The smallest absolute Gasteiger partial charge is 0.164 e. The number of rotatable bonds is 5. The maximum atomic E-state index is 6.28. The summed E-state index contributed by atoms with van der Waals surface area (Å²) in [5.41, 5.74) is 10.8. The summed E-state index contributed by atoms with van der Waals surface area (Å²) in [7, 11) is 0. The van der Waals surface area contributed by atoms with E-state index >= 15 is 0 Å². The van der Waals surface area contributed by atoms with Gasteiger partial charge in [0.1, 0.15) is 29.3 Å². The fourth-order valence-electron chi connectivity index (χ4n) is 4.67. The molecule has 0 atom stereocenters. The lowest BCUT2D eigenvalue weighted by atomic mass is 9.94. The summed E-state index contributed by atoms with van der Waals surface area (Å²) in [5, 5.41) is 22.6. The minimum absolute atomic E-state index is 0.0952. The van der Waals surface area contributed by atoms with Crippen molar-refractivity contribution in [3.05, 3.63) is 29.9 Å². The number of hydrogen-bond acceptors (Lipinski definition) is 9. The van der Waals surface area contributed by atoms with Crippen LogP contribution in [-0.4, -0.2) is 48.2 Å². The first-order valence-corrected chi connectivity index (χ1v) is 11.6. The maximum Gasteiger partial charge on any atom is 0.164 e. The van der Waals surface area contributed by atoms with Crippen molar-refractivity contribution < 1.29 is 4.52 Å². The molecule has 1 aliphatic heterocycles. The molecule has 5 heterocycles. The van der Waals surface area contributed by atoms with Gasteiger partial charge in [0.2, 0.25) is 0 Å². The van der Waals surface area contributed by atoms with Crippen molar-refractivity contribution in [3.63, 3.8) is 0 Å². The molecular weight excluding hydrogens is 418 g/mol. The quantitative estimate of drug-likeness (QED) is 0.474. The molecule has 1 aliphatic carbocycles. The van der Waals surface area contributed by atoms with E-state index in [9.17, 15) is 0 Å². The van der Waals surface area contributed by atoms with Gasteiger partial charge in [0.05, 0.1) is 22.3 Å². The van der Waals surface area contributed by atoms with Crippen LogP contribution in [0.15, 0.2) is 23.0 Å². The van der Waals surface area contributed by atoms with Crippen LogP contribution in [0.4, 0.5) is 5.82 Å². The highest BCUT2D eigenvalue weighted by Crippen LogP contribution is 2.48. The monoisotopic (exact) mass is 445 g/mol. The molecule has 33 heavy (non-hydrogen) atoms. The molecule has 0 aromatic carbocycles. The van der Waals surface area contributed by atoms with Crippen LogP contribution in [0.25, 0.3) is 33.7 Å². The number of nitrogen functional groups attached to an aromatic ring is 1. The molecule has 3 N–H and O–H groups in total. The van der Waals surface area contributed by atoms with Crippen molar-refractivity contribution in [3.8, 4) is 22.6 Å². The molecule has 4 aromatic rings. The van der Waals surface area contributed by atoms with E-state index in [-0.39, 0.29) is 6.04 Å². The Labute approximate surface area is 191 Å². The third-order valence-corrected chi connectivity index (χ3v) is 6.60. The Balaban J connectivity index is 1.49. The highest BCUT2D eigenvalue weighted by molar-refractivity contribution is 6.00. The average molecular weight is 446 g/mol. The van der Waals surface area contributed by atoms with Crippen LogP contribution < -0.4 is 11.1 Å². The van der Waals surface area contributed by atoms with Gasteiger partial charge in [-0.1, -0.05) is 5.16 Å². The summed E-state index contributed by atoms with van der Waals surface area (Å²) >= 11 is 0. The zero-order valence-electron chi connectivity index (χ0n) is 18.8. The molecule has 0 spiro atoms. The summed E-state index contributed by atoms with van der Waals surface area (Å²) in [6, 6.07) is 4.22.